The molecule has 0 atom stereocenters. The molecule has 2 amide bonds. The molecule has 0 unspecified atom stereocenters. The standard InChI is InChI=1S/C24H22N4O3S/c1-3-16-4-6-17(7-5-16)20-13-32-23-22(20)24(31)28(14-25-23)12-21(30)27-19-10-8-18(9-11-19)26-15(2)29/h4-11,13-14H,3,12H2,1-2H3,(H,26,29)(H,27,30). The van der Waals surface area contributed by atoms with Crippen LogP contribution in [0.5, 0.6) is 0 Å². The Morgan fingerprint density at radius 3 is 2.28 bits per heavy atom. The minimum Gasteiger partial charge on any atom is -0.326 e. The zero-order valence-electron chi connectivity index (χ0n) is 17.7. The van der Waals surface area contributed by atoms with E-state index in [1.54, 1.807) is 24.3 Å². The maximum atomic E-state index is 13.2. The molecule has 0 saturated heterocycles. The number of benzene rings is 2. The molecular weight excluding hydrogens is 424 g/mol. The van der Waals surface area contributed by atoms with Crippen molar-refractivity contribution in [2.24, 2.45) is 0 Å². The highest BCUT2D eigenvalue weighted by atomic mass is 32.1. The number of nitrogens with one attached hydrogen (secondary N) is 2. The lowest BCUT2D eigenvalue weighted by Crippen LogP contribution is -2.27. The lowest BCUT2D eigenvalue weighted by molar-refractivity contribution is -0.117. The monoisotopic (exact) mass is 446 g/mol. The topological polar surface area (TPSA) is 93.1 Å². The van der Waals surface area contributed by atoms with Crippen LogP contribution in [0.15, 0.2) is 65.0 Å². The van der Waals surface area contributed by atoms with Crippen molar-refractivity contribution in [1.82, 2.24) is 9.55 Å². The van der Waals surface area contributed by atoms with Gasteiger partial charge < -0.3 is 10.6 Å². The van der Waals surface area contributed by atoms with Gasteiger partial charge in [-0.3, -0.25) is 19.0 Å². The molecule has 0 aliphatic carbocycles. The number of carbonyl (C=O) groups excluding carboxylic acids is 2. The fraction of sp³-hybridized carbons (Fsp3) is 0.167. The van der Waals surface area contributed by atoms with Crippen molar-refractivity contribution in [3.8, 4) is 11.1 Å². The van der Waals surface area contributed by atoms with Gasteiger partial charge in [-0.25, -0.2) is 4.98 Å². The molecule has 7 nitrogen and oxygen atoms in total. The first-order chi connectivity index (χ1) is 15.4. The minimum atomic E-state index is -0.343. The summed E-state index contributed by atoms with van der Waals surface area (Å²) in [5.74, 6) is -0.511. The Morgan fingerprint density at radius 1 is 1.00 bits per heavy atom. The van der Waals surface area contributed by atoms with Crippen LogP contribution < -0.4 is 16.2 Å². The van der Waals surface area contributed by atoms with Gasteiger partial charge in [-0.05, 0) is 41.8 Å². The second kappa shape index (κ2) is 9.15. The molecule has 8 heteroatoms. The Labute approximate surface area is 188 Å². The van der Waals surface area contributed by atoms with Crippen LogP contribution in [0.1, 0.15) is 19.4 Å². The van der Waals surface area contributed by atoms with Gasteiger partial charge in [0.25, 0.3) is 5.56 Å². The predicted molar refractivity (Wildman–Crippen MR) is 128 cm³/mol. The number of fused-ring (bicyclic) bond motifs is 1. The number of anilines is 2. The highest BCUT2D eigenvalue weighted by Gasteiger charge is 2.15. The lowest BCUT2D eigenvalue weighted by atomic mass is 10.0. The van der Waals surface area contributed by atoms with E-state index in [4.69, 9.17) is 0 Å². The first kappa shape index (κ1) is 21.5. The second-order valence-corrected chi connectivity index (χ2v) is 8.22. The molecule has 4 aromatic rings. The summed E-state index contributed by atoms with van der Waals surface area (Å²) < 4.78 is 1.32. The number of amides is 2. The number of aryl methyl sites for hydroxylation is 1. The smallest absolute Gasteiger partial charge is 0.263 e. The first-order valence-corrected chi connectivity index (χ1v) is 11.1. The predicted octanol–water partition coefficient (Wildman–Crippen LogP) is 4.28. The summed E-state index contributed by atoms with van der Waals surface area (Å²) in [6.45, 7) is 3.37. The highest BCUT2D eigenvalue weighted by Crippen LogP contribution is 2.30. The molecule has 2 heterocycles. The molecule has 0 aliphatic rings. The van der Waals surface area contributed by atoms with Crippen LogP contribution in [0.25, 0.3) is 21.3 Å². The second-order valence-electron chi connectivity index (χ2n) is 7.36. The summed E-state index contributed by atoms with van der Waals surface area (Å²) in [4.78, 5) is 41.8. The van der Waals surface area contributed by atoms with Crippen LogP contribution in [0.4, 0.5) is 11.4 Å². The van der Waals surface area contributed by atoms with Gasteiger partial charge >= 0.3 is 0 Å². The Balaban J connectivity index is 1.55. The number of aromatic nitrogens is 2. The fourth-order valence-corrected chi connectivity index (χ4v) is 4.31. The maximum Gasteiger partial charge on any atom is 0.263 e. The van der Waals surface area contributed by atoms with Gasteiger partial charge in [0.15, 0.2) is 0 Å². The van der Waals surface area contributed by atoms with Gasteiger partial charge in [0, 0.05) is 29.2 Å². The van der Waals surface area contributed by atoms with Gasteiger partial charge in [-0.15, -0.1) is 11.3 Å². The highest BCUT2D eigenvalue weighted by molar-refractivity contribution is 7.17. The molecule has 0 radical (unpaired) electrons. The number of nitrogens with zero attached hydrogens (tertiary/aromatic N) is 2. The number of carbonyl (C=O) groups is 2. The van der Waals surface area contributed by atoms with Crippen molar-refractivity contribution in [2.45, 2.75) is 26.8 Å². The van der Waals surface area contributed by atoms with Crippen molar-refractivity contribution >= 4 is 44.7 Å². The molecule has 2 aromatic heterocycles. The van der Waals surface area contributed by atoms with E-state index in [-0.39, 0.29) is 23.9 Å². The molecule has 0 fully saturated rings. The van der Waals surface area contributed by atoms with Crippen molar-refractivity contribution in [3.63, 3.8) is 0 Å². The Bertz CT molecular complexity index is 1340. The molecule has 0 bridgehead atoms. The average molecular weight is 447 g/mol. The van der Waals surface area contributed by atoms with E-state index >= 15 is 0 Å². The minimum absolute atomic E-state index is 0.153. The fourth-order valence-electron chi connectivity index (χ4n) is 3.41. The molecular formula is C24H22N4O3S. The van der Waals surface area contributed by atoms with Gasteiger partial charge in [0.05, 0.1) is 11.7 Å². The maximum absolute atomic E-state index is 13.2. The normalized spacial score (nSPS) is 10.8. The summed E-state index contributed by atoms with van der Waals surface area (Å²) >= 11 is 1.41. The number of hydrogen-bond acceptors (Lipinski definition) is 5. The molecule has 0 saturated carbocycles. The quantitative estimate of drug-likeness (QED) is 0.462. The summed E-state index contributed by atoms with van der Waals surface area (Å²) in [7, 11) is 0. The van der Waals surface area contributed by atoms with Crippen LogP contribution in [0, 0.1) is 0 Å². The number of thiophene rings is 1. The Kier molecular flexibility index (Phi) is 6.13. The Morgan fingerprint density at radius 2 is 1.66 bits per heavy atom. The first-order valence-electron chi connectivity index (χ1n) is 10.2. The zero-order chi connectivity index (χ0) is 22.7. The van der Waals surface area contributed by atoms with Crippen LogP contribution >= 0.6 is 11.3 Å². The number of rotatable bonds is 6. The molecule has 162 valence electrons. The van der Waals surface area contributed by atoms with E-state index in [2.05, 4.69) is 34.7 Å². The molecule has 32 heavy (non-hydrogen) atoms. The summed E-state index contributed by atoms with van der Waals surface area (Å²) in [6, 6.07) is 14.9. The van der Waals surface area contributed by atoms with Crippen LogP contribution in [-0.4, -0.2) is 21.4 Å². The van der Waals surface area contributed by atoms with E-state index in [0.29, 0.717) is 21.6 Å². The van der Waals surface area contributed by atoms with Gasteiger partial charge in [-0.2, -0.15) is 0 Å². The average Bonchev–Trinajstić information content (AvgIpc) is 3.22. The van der Waals surface area contributed by atoms with E-state index < -0.39 is 0 Å². The van der Waals surface area contributed by atoms with Crippen molar-refractivity contribution < 1.29 is 9.59 Å². The zero-order valence-corrected chi connectivity index (χ0v) is 18.5. The van der Waals surface area contributed by atoms with Gasteiger partial charge in [0.1, 0.15) is 11.4 Å². The van der Waals surface area contributed by atoms with E-state index in [1.165, 1.54) is 34.7 Å². The third kappa shape index (κ3) is 4.60. The third-order valence-electron chi connectivity index (χ3n) is 5.04. The van der Waals surface area contributed by atoms with E-state index in [0.717, 1.165) is 17.5 Å². The van der Waals surface area contributed by atoms with E-state index in [9.17, 15) is 14.4 Å². The molecule has 2 N–H and O–H groups in total. The van der Waals surface area contributed by atoms with Crippen molar-refractivity contribution in [3.05, 3.63) is 76.2 Å². The molecule has 0 aliphatic heterocycles. The van der Waals surface area contributed by atoms with Crippen LogP contribution in [0.3, 0.4) is 0 Å². The Hall–Kier alpha value is -3.78. The summed E-state index contributed by atoms with van der Waals surface area (Å²) in [5.41, 5.74) is 3.96. The third-order valence-corrected chi connectivity index (χ3v) is 5.92. The SMILES string of the molecule is CCc1ccc(-c2csc3ncn(CC(=O)Nc4ccc(NC(C)=O)cc4)c(=O)c23)cc1. The largest absolute Gasteiger partial charge is 0.326 e. The van der Waals surface area contributed by atoms with Crippen LogP contribution in [0.2, 0.25) is 0 Å². The summed E-state index contributed by atoms with van der Waals surface area (Å²) in [6.07, 6.45) is 2.36. The number of hydrogen-bond donors (Lipinski definition) is 2. The molecule has 2 aromatic carbocycles. The van der Waals surface area contributed by atoms with Gasteiger partial charge in [0.2, 0.25) is 11.8 Å². The summed E-state index contributed by atoms with van der Waals surface area (Å²) in [5, 5.41) is 7.88. The van der Waals surface area contributed by atoms with Crippen molar-refractivity contribution in [2.75, 3.05) is 10.6 Å². The van der Waals surface area contributed by atoms with Crippen molar-refractivity contribution in [1.29, 1.82) is 0 Å². The molecule has 4 rings (SSSR count). The molecule has 0 spiro atoms. The van der Waals surface area contributed by atoms with E-state index in [1.807, 2.05) is 17.5 Å². The van der Waals surface area contributed by atoms with Gasteiger partial charge in [-0.1, -0.05) is 31.2 Å². The lowest BCUT2D eigenvalue weighted by Gasteiger charge is -2.09. The van der Waals surface area contributed by atoms with Crippen LogP contribution in [-0.2, 0) is 22.6 Å².